The molecule has 2 fully saturated rings. The van der Waals surface area contributed by atoms with Crippen LogP contribution in [0.15, 0.2) is 42.0 Å². The summed E-state index contributed by atoms with van der Waals surface area (Å²) in [7, 11) is 0. The first-order valence-corrected chi connectivity index (χ1v) is 11.0. The zero-order chi connectivity index (χ0) is 20.1. The van der Waals surface area contributed by atoms with E-state index in [1.807, 2.05) is 28.6 Å². The van der Waals surface area contributed by atoms with E-state index >= 15 is 0 Å². The molecule has 1 N–H and O–H groups in total. The molecule has 0 bridgehead atoms. The third-order valence-electron chi connectivity index (χ3n) is 5.60. The molecule has 0 aliphatic carbocycles. The van der Waals surface area contributed by atoms with Gasteiger partial charge in [0.1, 0.15) is 0 Å². The average molecular weight is 414 g/mol. The van der Waals surface area contributed by atoms with Gasteiger partial charge in [-0.25, -0.2) is 0 Å². The lowest BCUT2D eigenvalue weighted by molar-refractivity contribution is -0.140. The second-order valence-corrected chi connectivity index (χ2v) is 8.61. The number of nitrogens with one attached hydrogen (secondary N) is 1. The number of thiophene rings is 1. The van der Waals surface area contributed by atoms with E-state index in [0.717, 1.165) is 32.7 Å². The average Bonchev–Trinajstić information content (AvgIpc) is 3.25. The summed E-state index contributed by atoms with van der Waals surface area (Å²) in [5.41, 5.74) is 1.19. The van der Waals surface area contributed by atoms with Gasteiger partial charge >= 0.3 is 0 Å². The van der Waals surface area contributed by atoms with Crippen molar-refractivity contribution in [3.05, 3.63) is 52.5 Å². The molecule has 4 heterocycles. The fourth-order valence-electron chi connectivity index (χ4n) is 3.98. The Hall–Kier alpha value is -2.29. The Morgan fingerprint density at radius 3 is 2.72 bits per heavy atom. The highest BCUT2D eigenvalue weighted by molar-refractivity contribution is 7.09. The van der Waals surface area contributed by atoms with E-state index in [0.29, 0.717) is 19.6 Å². The summed E-state index contributed by atoms with van der Waals surface area (Å²) >= 11 is 1.69. The van der Waals surface area contributed by atoms with Crippen LogP contribution in [-0.2, 0) is 22.7 Å². The van der Waals surface area contributed by atoms with E-state index in [-0.39, 0.29) is 24.3 Å². The molecular formula is C21H27N5O2S. The van der Waals surface area contributed by atoms with Gasteiger partial charge in [0.2, 0.25) is 11.8 Å². The van der Waals surface area contributed by atoms with Crippen molar-refractivity contribution in [1.29, 1.82) is 0 Å². The standard InChI is InChI=1S/C21H27N5O2S/c27-20(25-10-8-24(9-11-25)15-17-3-1-5-22-14-17)13-19-21(28)23-6-7-26(19)16-18-4-2-12-29-18/h1-5,12,14,19H,6-11,13,15-16H2,(H,23,28)/t19-/m1/s1. The third-order valence-corrected chi connectivity index (χ3v) is 6.46. The summed E-state index contributed by atoms with van der Waals surface area (Å²) in [6, 6.07) is 7.75. The number of amides is 2. The number of carbonyl (C=O) groups excluding carboxylic acids is 2. The lowest BCUT2D eigenvalue weighted by Gasteiger charge is -2.38. The predicted octanol–water partition coefficient (Wildman–Crippen LogP) is 1.18. The molecule has 2 amide bonds. The summed E-state index contributed by atoms with van der Waals surface area (Å²) in [6.45, 7) is 6.10. The van der Waals surface area contributed by atoms with E-state index in [9.17, 15) is 9.59 Å². The van der Waals surface area contributed by atoms with Gasteiger partial charge in [-0.05, 0) is 23.1 Å². The molecule has 8 heteroatoms. The first-order chi connectivity index (χ1) is 14.2. The summed E-state index contributed by atoms with van der Waals surface area (Å²) in [6.07, 6.45) is 3.92. The zero-order valence-corrected chi connectivity index (χ0v) is 17.3. The second-order valence-electron chi connectivity index (χ2n) is 7.58. The summed E-state index contributed by atoms with van der Waals surface area (Å²) < 4.78 is 0. The van der Waals surface area contributed by atoms with Gasteiger partial charge in [0, 0.05) is 69.6 Å². The molecule has 0 radical (unpaired) electrons. The Kier molecular flexibility index (Phi) is 6.53. The Morgan fingerprint density at radius 1 is 1.14 bits per heavy atom. The maximum absolute atomic E-state index is 12.9. The fourth-order valence-corrected chi connectivity index (χ4v) is 4.71. The van der Waals surface area contributed by atoms with Crippen molar-refractivity contribution in [2.75, 3.05) is 39.3 Å². The van der Waals surface area contributed by atoms with Gasteiger partial charge in [0.15, 0.2) is 0 Å². The van der Waals surface area contributed by atoms with Crippen LogP contribution in [0.3, 0.4) is 0 Å². The van der Waals surface area contributed by atoms with E-state index in [1.165, 1.54) is 10.4 Å². The lowest BCUT2D eigenvalue weighted by Crippen LogP contribution is -2.57. The Bertz CT molecular complexity index is 806. The van der Waals surface area contributed by atoms with Crippen LogP contribution in [0.5, 0.6) is 0 Å². The molecule has 29 heavy (non-hydrogen) atoms. The third kappa shape index (κ3) is 5.20. The summed E-state index contributed by atoms with van der Waals surface area (Å²) in [4.78, 5) is 37.2. The van der Waals surface area contributed by atoms with Crippen LogP contribution in [0.4, 0.5) is 0 Å². The second kappa shape index (κ2) is 9.47. The Labute approximate surface area is 175 Å². The first-order valence-electron chi connectivity index (χ1n) is 10.1. The topological polar surface area (TPSA) is 68.8 Å². The predicted molar refractivity (Wildman–Crippen MR) is 112 cm³/mol. The maximum Gasteiger partial charge on any atom is 0.237 e. The van der Waals surface area contributed by atoms with Crippen molar-refractivity contribution in [2.24, 2.45) is 0 Å². The van der Waals surface area contributed by atoms with Crippen LogP contribution < -0.4 is 5.32 Å². The quantitative estimate of drug-likeness (QED) is 0.770. The van der Waals surface area contributed by atoms with Crippen LogP contribution >= 0.6 is 11.3 Å². The molecule has 2 aliphatic heterocycles. The summed E-state index contributed by atoms with van der Waals surface area (Å²) in [5.74, 6) is 0.0422. The summed E-state index contributed by atoms with van der Waals surface area (Å²) in [5, 5.41) is 4.97. The minimum atomic E-state index is -0.383. The van der Waals surface area contributed by atoms with Gasteiger partial charge in [-0.2, -0.15) is 0 Å². The monoisotopic (exact) mass is 413 g/mol. The van der Waals surface area contributed by atoms with Crippen molar-refractivity contribution < 1.29 is 9.59 Å². The van der Waals surface area contributed by atoms with Crippen LogP contribution in [0, 0.1) is 0 Å². The highest BCUT2D eigenvalue weighted by Crippen LogP contribution is 2.18. The molecule has 1 atom stereocenters. The van der Waals surface area contributed by atoms with E-state index in [1.54, 1.807) is 17.5 Å². The van der Waals surface area contributed by atoms with Gasteiger partial charge < -0.3 is 10.2 Å². The molecular weight excluding hydrogens is 386 g/mol. The van der Waals surface area contributed by atoms with Gasteiger partial charge in [0.05, 0.1) is 12.5 Å². The van der Waals surface area contributed by atoms with Crippen molar-refractivity contribution >= 4 is 23.2 Å². The van der Waals surface area contributed by atoms with Crippen molar-refractivity contribution in [3.63, 3.8) is 0 Å². The van der Waals surface area contributed by atoms with Crippen LogP contribution in [0.25, 0.3) is 0 Å². The number of carbonyl (C=O) groups is 2. The number of hydrogen-bond acceptors (Lipinski definition) is 6. The number of rotatable bonds is 6. The number of nitrogens with zero attached hydrogens (tertiary/aromatic N) is 4. The minimum Gasteiger partial charge on any atom is -0.353 e. The molecule has 0 saturated carbocycles. The molecule has 4 rings (SSSR count). The normalized spacial score (nSPS) is 21.2. The van der Waals surface area contributed by atoms with E-state index in [2.05, 4.69) is 32.2 Å². The maximum atomic E-state index is 12.9. The number of aromatic nitrogens is 1. The van der Waals surface area contributed by atoms with Gasteiger partial charge in [0.25, 0.3) is 0 Å². The fraction of sp³-hybridized carbons (Fsp3) is 0.476. The Morgan fingerprint density at radius 2 is 2.00 bits per heavy atom. The molecule has 2 saturated heterocycles. The molecule has 0 spiro atoms. The van der Waals surface area contributed by atoms with Crippen molar-refractivity contribution in [2.45, 2.75) is 25.6 Å². The van der Waals surface area contributed by atoms with E-state index < -0.39 is 0 Å². The minimum absolute atomic E-state index is 0.0311. The lowest BCUT2D eigenvalue weighted by atomic mass is 10.1. The molecule has 154 valence electrons. The molecule has 2 aliphatic rings. The molecule has 2 aromatic rings. The molecule has 7 nitrogen and oxygen atoms in total. The van der Waals surface area contributed by atoms with Gasteiger partial charge in [-0.3, -0.25) is 24.4 Å². The largest absolute Gasteiger partial charge is 0.353 e. The van der Waals surface area contributed by atoms with Gasteiger partial charge in [-0.1, -0.05) is 12.1 Å². The number of hydrogen-bond donors (Lipinski definition) is 1. The first kappa shape index (κ1) is 20.0. The zero-order valence-electron chi connectivity index (χ0n) is 16.5. The van der Waals surface area contributed by atoms with Crippen molar-refractivity contribution in [1.82, 2.24) is 25.0 Å². The van der Waals surface area contributed by atoms with E-state index in [4.69, 9.17) is 0 Å². The van der Waals surface area contributed by atoms with Crippen LogP contribution in [0.1, 0.15) is 16.9 Å². The number of pyridine rings is 1. The van der Waals surface area contributed by atoms with Crippen LogP contribution in [0.2, 0.25) is 0 Å². The molecule has 0 unspecified atom stereocenters. The SMILES string of the molecule is O=C1NCCN(Cc2cccs2)[C@@H]1CC(=O)N1CCN(Cc2cccnc2)CC1. The molecule has 2 aromatic heterocycles. The Balaban J connectivity index is 1.30. The molecule has 0 aromatic carbocycles. The highest BCUT2D eigenvalue weighted by atomic mass is 32.1. The van der Waals surface area contributed by atoms with Crippen LogP contribution in [-0.4, -0.2) is 76.8 Å². The highest BCUT2D eigenvalue weighted by Gasteiger charge is 2.33. The number of piperazine rings is 2. The van der Waals surface area contributed by atoms with Gasteiger partial charge in [-0.15, -0.1) is 11.3 Å². The van der Waals surface area contributed by atoms with Crippen molar-refractivity contribution in [3.8, 4) is 0 Å². The smallest absolute Gasteiger partial charge is 0.237 e.